The molecule has 0 saturated heterocycles. The first-order valence-corrected chi connectivity index (χ1v) is 9.83. The third-order valence-corrected chi connectivity index (χ3v) is 5.06. The molecular weight excluding hydrogens is 324 g/mol. The van der Waals surface area contributed by atoms with Gasteiger partial charge in [-0.05, 0) is 56.3 Å². The van der Waals surface area contributed by atoms with Crippen molar-refractivity contribution in [2.75, 3.05) is 34.3 Å². The summed E-state index contributed by atoms with van der Waals surface area (Å²) in [5.74, 6) is 0.376. The van der Waals surface area contributed by atoms with E-state index in [2.05, 4.69) is 24.8 Å². The standard InChI is InChI=1S/C22H34N2O2/c1-6-13-24(14-7-2)18-12-11-17-9-8-10-19(20(17)15-18)22(25)21(26-5)16-23(3)4/h8-10,16,18H,6-7,11-15H2,1-5H3/b21-16-. The molecule has 1 aliphatic carbocycles. The van der Waals surface area contributed by atoms with Crippen molar-refractivity contribution in [3.05, 3.63) is 46.8 Å². The second kappa shape index (κ2) is 9.77. The first kappa shape index (κ1) is 20.5. The summed E-state index contributed by atoms with van der Waals surface area (Å²) in [7, 11) is 5.36. The number of nitrogens with zero attached hydrogens (tertiary/aromatic N) is 2. The summed E-state index contributed by atoms with van der Waals surface area (Å²) in [6.07, 6.45) is 7.27. The number of hydrogen-bond acceptors (Lipinski definition) is 4. The van der Waals surface area contributed by atoms with Crippen molar-refractivity contribution in [2.24, 2.45) is 0 Å². The van der Waals surface area contributed by atoms with Gasteiger partial charge in [0.2, 0.25) is 5.78 Å². The minimum atomic E-state index is -0.0174. The van der Waals surface area contributed by atoms with Crippen molar-refractivity contribution < 1.29 is 9.53 Å². The number of Topliss-reactive ketones (excluding diaryl/α,β-unsaturated/α-hetero) is 1. The molecule has 2 rings (SSSR count). The Morgan fingerprint density at radius 1 is 1.23 bits per heavy atom. The van der Waals surface area contributed by atoms with Gasteiger partial charge in [-0.1, -0.05) is 32.0 Å². The van der Waals surface area contributed by atoms with E-state index in [-0.39, 0.29) is 5.78 Å². The van der Waals surface area contributed by atoms with Crippen LogP contribution in [0.5, 0.6) is 0 Å². The molecule has 1 aliphatic rings. The molecule has 0 saturated carbocycles. The van der Waals surface area contributed by atoms with Gasteiger partial charge in [0.25, 0.3) is 0 Å². The van der Waals surface area contributed by atoms with Crippen LogP contribution in [0.1, 0.15) is 54.6 Å². The van der Waals surface area contributed by atoms with Crippen LogP contribution in [0.15, 0.2) is 30.2 Å². The number of benzene rings is 1. The Kier molecular flexibility index (Phi) is 7.70. The highest BCUT2D eigenvalue weighted by molar-refractivity contribution is 6.08. The van der Waals surface area contributed by atoms with Crippen molar-refractivity contribution in [1.82, 2.24) is 9.80 Å². The highest BCUT2D eigenvalue weighted by atomic mass is 16.5. The Balaban J connectivity index is 2.32. The number of ether oxygens (including phenoxy) is 1. The molecule has 26 heavy (non-hydrogen) atoms. The zero-order valence-electron chi connectivity index (χ0n) is 17.0. The van der Waals surface area contributed by atoms with Crippen LogP contribution in [0.3, 0.4) is 0 Å². The molecule has 1 aromatic rings. The maximum absolute atomic E-state index is 13.1. The lowest BCUT2D eigenvalue weighted by molar-refractivity contribution is 0.0946. The highest BCUT2D eigenvalue weighted by Gasteiger charge is 2.27. The number of rotatable bonds is 9. The molecule has 1 atom stereocenters. The second-order valence-corrected chi connectivity index (χ2v) is 7.37. The summed E-state index contributed by atoms with van der Waals surface area (Å²) in [6.45, 7) is 6.75. The van der Waals surface area contributed by atoms with E-state index in [4.69, 9.17) is 4.74 Å². The first-order valence-electron chi connectivity index (χ1n) is 9.83. The molecule has 0 heterocycles. The van der Waals surface area contributed by atoms with Crippen LogP contribution >= 0.6 is 0 Å². The van der Waals surface area contributed by atoms with Crippen LogP contribution in [0.2, 0.25) is 0 Å². The zero-order valence-corrected chi connectivity index (χ0v) is 17.0. The van der Waals surface area contributed by atoms with Crippen LogP contribution in [0.25, 0.3) is 0 Å². The highest BCUT2D eigenvalue weighted by Crippen LogP contribution is 2.29. The molecule has 0 aromatic heterocycles. The fourth-order valence-electron chi connectivity index (χ4n) is 3.92. The molecule has 144 valence electrons. The summed E-state index contributed by atoms with van der Waals surface area (Å²) < 4.78 is 5.38. The number of methoxy groups -OCH3 is 1. The number of allylic oxidation sites excluding steroid dienone is 1. The Labute approximate surface area is 158 Å². The summed E-state index contributed by atoms with van der Waals surface area (Å²) in [4.78, 5) is 17.5. The molecule has 1 unspecified atom stereocenters. The van der Waals surface area contributed by atoms with Crippen molar-refractivity contribution in [3.63, 3.8) is 0 Å². The summed E-state index contributed by atoms with van der Waals surface area (Å²) in [5.41, 5.74) is 3.34. The molecule has 0 fully saturated rings. The van der Waals surface area contributed by atoms with Crippen LogP contribution in [0.4, 0.5) is 0 Å². The van der Waals surface area contributed by atoms with Crippen molar-refractivity contribution >= 4 is 5.78 Å². The SMILES string of the molecule is CCCN(CCC)C1CCc2cccc(C(=O)/C(=C/N(C)C)OC)c2C1. The summed E-state index contributed by atoms with van der Waals surface area (Å²) in [6, 6.07) is 6.66. The maximum atomic E-state index is 13.1. The summed E-state index contributed by atoms with van der Waals surface area (Å²) in [5, 5.41) is 0. The predicted octanol–water partition coefficient (Wildman–Crippen LogP) is 3.90. The van der Waals surface area contributed by atoms with Gasteiger partial charge in [0.1, 0.15) is 0 Å². The molecule has 0 radical (unpaired) electrons. The smallest absolute Gasteiger partial charge is 0.229 e. The van der Waals surface area contributed by atoms with E-state index in [9.17, 15) is 4.79 Å². The van der Waals surface area contributed by atoms with Crippen LogP contribution in [-0.2, 0) is 17.6 Å². The molecular formula is C22H34N2O2. The fraction of sp³-hybridized carbons (Fsp3) is 0.591. The minimum absolute atomic E-state index is 0.0174. The molecule has 0 amide bonds. The Morgan fingerprint density at radius 2 is 1.92 bits per heavy atom. The van der Waals surface area contributed by atoms with Gasteiger partial charge in [0.05, 0.1) is 7.11 Å². The van der Waals surface area contributed by atoms with Gasteiger partial charge in [-0.25, -0.2) is 0 Å². The van der Waals surface area contributed by atoms with Crippen LogP contribution < -0.4 is 0 Å². The molecule has 1 aromatic carbocycles. The zero-order chi connectivity index (χ0) is 19.1. The lowest BCUT2D eigenvalue weighted by atomic mass is 9.83. The topological polar surface area (TPSA) is 32.8 Å². The van der Waals surface area contributed by atoms with E-state index in [0.29, 0.717) is 11.8 Å². The molecule has 0 spiro atoms. The minimum Gasteiger partial charge on any atom is -0.491 e. The van der Waals surface area contributed by atoms with Crippen LogP contribution in [0, 0.1) is 0 Å². The fourth-order valence-corrected chi connectivity index (χ4v) is 3.92. The molecule has 0 N–H and O–H groups in total. The number of ketones is 1. The van der Waals surface area contributed by atoms with E-state index < -0.39 is 0 Å². The number of carbonyl (C=O) groups excluding carboxylic acids is 1. The molecule has 0 bridgehead atoms. The predicted molar refractivity (Wildman–Crippen MR) is 108 cm³/mol. The van der Waals surface area contributed by atoms with Gasteiger partial charge < -0.3 is 14.5 Å². The van der Waals surface area contributed by atoms with E-state index in [0.717, 1.165) is 31.5 Å². The molecule has 0 aliphatic heterocycles. The largest absolute Gasteiger partial charge is 0.491 e. The average Bonchev–Trinajstić information content (AvgIpc) is 2.64. The van der Waals surface area contributed by atoms with Gasteiger partial charge in [-0.2, -0.15) is 0 Å². The van der Waals surface area contributed by atoms with Gasteiger partial charge in [-0.15, -0.1) is 0 Å². The number of carbonyl (C=O) groups is 1. The van der Waals surface area contributed by atoms with Gasteiger partial charge in [0, 0.05) is 31.9 Å². The summed E-state index contributed by atoms with van der Waals surface area (Å²) >= 11 is 0. The monoisotopic (exact) mass is 358 g/mol. The Hall–Kier alpha value is -1.81. The normalized spacial score (nSPS) is 17.2. The average molecular weight is 359 g/mol. The first-order chi connectivity index (χ1) is 12.5. The molecule has 4 heteroatoms. The van der Waals surface area contributed by atoms with E-state index >= 15 is 0 Å². The lowest BCUT2D eigenvalue weighted by Gasteiger charge is -2.35. The van der Waals surface area contributed by atoms with Crippen molar-refractivity contribution in [3.8, 4) is 0 Å². The van der Waals surface area contributed by atoms with Crippen LogP contribution in [-0.4, -0.2) is 55.9 Å². The van der Waals surface area contributed by atoms with E-state index in [1.54, 1.807) is 13.3 Å². The number of aryl methyl sites for hydroxylation is 1. The number of hydrogen-bond donors (Lipinski definition) is 0. The Morgan fingerprint density at radius 3 is 2.50 bits per heavy atom. The molecule has 4 nitrogen and oxygen atoms in total. The van der Waals surface area contributed by atoms with Gasteiger partial charge in [0.15, 0.2) is 5.76 Å². The van der Waals surface area contributed by atoms with Crippen molar-refractivity contribution in [2.45, 2.75) is 52.0 Å². The van der Waals surface area contributed by atoms with Gasteiger partial charge >= 0.3 is 0 Å². The second-order valence-electron chi connectivity index (χ2n) is 7.37. The van der Waals surface area contributed by atoms with Crippen molar-refractivity contribution in [1.29, 1.82) is 0 Å². The number of fused-ring (bicyclic) bond motifs is 1. The van der Waals surface area contributed by atoms with E-state index in [1.165, 1.54) is 30.4 Å². The van der Waals surface area contributed by atoms with E-state index in [1.807, 2.05) is 31.1 Å². The lowest BCUT2D eigenvalue weighted by Crippen LogP contribution is -2.40. The third-order valence-electron chi connectivity index (χ3n) is 5.06. The quantitative estimate of drug-likeness (QED) is 0.381. The third kappa shape index (κ3) is 4.88. The van der Waals surface area contributed by atoms with Gasteiger partial charge in [-0.3, -0.25) is 4.79 Å². The Bertz CT molecular complexity index is 631. The maximum Gasteiger partial charge on any atom is 0.229 e.